The van der Waals surface area contributed by atoms with Crippen LogP contribution in [0.25, 0.3) is 53.5 Å². The molecule has 0 fully saturated rings. The molecule has 0 N–H and O–H groups in total. The Hall–Kier alpha value is -5.03. The van der Waals surface area contributed by atoms with Gasteiger partial charge in [-0.1, -0.05) is 109 Å². The normalized spacial score (nSPS) is 13.9. The molecule has 44 heavy (non-hydrogen) atoms. The van der Waals surface area contributed by atoms with E-state index in [4.69, 9.17) is 26.3 Å². The summed E-state index contributed by atoms with van der Waals surface area (Å²) in [5.74, 6) is 1.75. The van der Waals surface area contributed by atoms with E-state index in [-0.39, 0.29) is 5.28 Å². The van der Waals surface area contributed by atoms with Gasteiger partial charge in [0.1, 0.15) is 11.5 Å². The van der Waals surface area contributed by atoms with Crippen LogP contribution >= 0.6 is 22.9 Å². The van der Waals surface area contributed by atoms with E-state index in [1.807, 2.05) is 0 Å². The number of aromatic nitrogens is 2. The number of thiophene rings is 1. The Balaban J connectivity index is 1.42. The minimum Gasteiger partial charge on any atom is -0.457 e. The molecular weight excluding hydrogens is 580 g/mol. The van der Waals surface area contributed by atoms with E-state index in [0.717, 1.165) is 49.5 Å². The largest absolute Gasteiger partial charge is 0.457 e. The molecule has 1 aliphatic heterocycles. The van der Waals surface area contributed by atoms with Crippen LogP contribution in [-0.2, 0) is 5.41 Å². The lowest BCUT2D eigenvalue weighted by Gasteiger charge is -2.39. The van der Waals surface area contributed by atoms with E-state index >= 15 is 0 Å². The van der Waals surface area contributed by atoms with Gasteiger partial charge in [-0.25, -0.2) is 9.97 Å². The van der Waals surface area contributed by atoms with Crippen molar-refractivity contribution in [2.45, 2.75) is 5.41 Å². The lowest BCUT2D eigenvalue weighted by molar-refractivity contribution is 0.436. The van der Waals surface area contributed by atoms with Crippen LogP contribution in [0.1, 0.15) is 22.3 Å². The van der Waals surface area contributed by atoms with E-state index in [1.54, 1.807) is 11.3 Å². The van der Waals surface area contributed by atoms with E-state index in [2.05, 4.69) is 127 Å². The number of fused-ring (bicyclic) bond motifs is 14. The zero-order chi connectivity index (χ0) is 29.0. The summed E-state index contributed by atoms with van der Waals surface area (Å²) in [5, 5.41) is 3.76. The van der Waals surface area contributed by atoms with Crippen molar-refractivity contribution in [3.05, 3.63) is 155 Å². The molecule has 2 aliphatic rings. The average molecular weight is 601 g/mol. The van der Waals surface area contributed by atoms with Crippen molar-refractivity contribution in [1.29, 1.82) is 0 Å². The highest BCUT2D eigenvalue weighted by Gasteiger charge is 2.52. The Morgan fingerprint density at radius 1 is 0.568 bits per heavy atom. The summed E-state index contributed by atoms with van der Waals surface area (Å²) in [6, 6.07) is 45.2. The molecule has 10 rings (SSSR count). The number of nitrogens with zero attached hydrogens (tertiary/aromatic N) is 2. The molecule has 8 aromatic rings. The Kier molecular flexibility index (Phi) is 4.86. The predicted octanol–water partition coefficient (Wildman–Crippen LogP) is 10.8. The Morgan fingerprint density at radius 3 is 2.05 bits per heavy atom. The second-order valence-electron chi connectivity index (χ2n) is 11.4. The lowest BCUT2D eigenvalue weighted by atomic mass is 9.66. The van der Waals surface area contributed by atoms with Crippen LogP contribution in [0.2, 0.25) is 5.28 Å². The first-order valence-electron chi connectivity index (χ1n) is 14.6. The van der Waals surface area contributed by atoms with E-state index in [9.17, 15) is 0 Å². The van der Waals surface area contributed by atoms with Crippen LogP contribution in [0.4, 0.5) is 0 Å². The Morgan fingerprint density at radius 2 is 1.23 bits per heavy atom. The fraction of sp³-hybridized carbons (Fsp3) is 0.0256. The second-order valence-corrected chi connectivity index (χ2v) is 12.8. The van der Waals surface area contributed by atoms with Crippen molar-refractivity contribution in [3.63, 3.8) is 0 Å². The van der Waals surface area contributed by atoms with Crippen molar-refractivity contribution in [2.75, 3.05) is 0 Å². The third-order valence-electron chi connectivity index (χ3n) is 9.30. The summed E-state index contributed by atoms with van der Waals surface area (Å²) < 4.78 is 8.78. The minimum atomic E-state index is -0.577. The van der Waals surface area contributed by atoms with Gasteiger partial charge in [0, 0.05) is 26.8 Å². The monoisotopic (exact) mass is 600 g/mol. The molecule has 206 valence electrons. The summed E-state index contributed by atoms with van der Waals surface area (Å²) >= 11 is 8.44. The topological polar surface area (TPSA) is 35.0 Å². The molecule has 0 saturated carbocycles. The van der Waals surface area contributed by atoms with Gasteiger partial charge in [-0.3, -0.25) is 0 Å². The maximum Gasteiger partial charge on any atom is 0.223 e. The van der Waals surface area contributed by atoms with E-state index in [0.29, 0.717) is 0 Å². The van der Waals surface area contributed by atoms with Gasteiger partial charge < -0.3 is 4.74 Å². The first-order valence-corrected chi connectivity index (χ1v) is 15.8. The molecule has 0 unspecified atom stereocenters. The molecule has 0 atom stereocenters. The highest BCUT2D eigenvalue weighted by molar-refractivity contribution is 7.26. The molecule has 5 heteroatoms. The second kappa shape index (κ2) is 8.76. The first kappa shape index (κ1) is 24.4. The highest BCUT2D eigenvalue weighted by atomic mass is 35.5. The molecule has 0 amide bonds. The highest BCUT2D eigenvalue weighted by Crippen LogP contribution is 2.64. The molecule has 0 bridgehead atoms. The van der Waals surface area contributed by atoms with Crippen LogP contribution in [0, 0.1) is 0 Å². The molecule has 1 aliphatic carbocycles. The molecule has 0 radical (unpaired) electrons. The average Bonchev–Trinajstić information content (AvgIpc) is 3.59. The van der Waals surface area contributed by atoms with Crippen molar-refractivity contribution >= 4 is 54.0 Å². The zero-order valence-corrected chi connectivity index (χ0v) is 24.8. The van der Waals surface area contributed by atoms with Crippen LogP contribution in [-0.4, -0.2) is 9.97 Å². The third-order valence-corrected chi connectivity index (χ3v) is 10.6. The Bertz CT molecular complexity index is 2470. The van der Waals surface area contributed by atoms with Gasteiger partial charge >= 0.3 is 0 Å². The fourth-order valence-corrected chi connectivity index (χ4v) is 8.97. The molecule has 1 spiro atoms. The van der Waals surface area contributed by atoms with E-state index < -0.39 is 5.41 Å². The number of benzene rings is 6. The van der Waals surface area contributed by atoms with Crippen LogP contribution < -0.4 is 4.74 Å². The standard InChI is InChI=1S/C39H21ClN2OS/c40-38-41-35-24-12-3-8-19-32(24)44-37(35)36(42-38)25-13-9-16-28-34(25)33-23-11-2-1-10-22(23)20-21-29(33)39(28)26-14-4-6-17-30(26)43-31-18-7-5-15-27(31)39/h1-21H. The lowest BCUT2D eigenvalue weighted by Crippen LogP contribution is -2.32. The zero-order valence-electron chi connectivity index (χ0n) is 23.2. The SMILES string of the molecule is Clc1nc(-c2cccc3c2-c2c(ccc4ccccc24)C32c3ccccc3Oc3ccccc32)c2sc3ccccc3c2n1. The maximum absolute atomic E-state index is 6.72. The quantitative estimate of drug-likeness (QED) is 0.176. The van der Waals surface area contributed by atoms with Gasteiger partial charge in [-0.2, -0.15) is 0 Å². The first-order chi connectivity index (χ1) is 21.7. The maximum atomic E-state index is 6.72. The van der Waals surface area contributed by atoms with Gasteiger partial charge in [0.2, 0.25) is 5.28 Å². The summed E-state index contributed by atoms with van der Waals surface area (Å²) in [4.78, 5) is 9.69. The summed E-state index contributed by atoms with van der Waals surface area (Å²) in [7, 11) is 0. The van der Waals surface area contributed by atoms with E-state index in [1.165, 1.54) is 37.7 Å². The fourth-order valence-electron chi connectivity index (χ4n) is 7.65. The van der Waals surface area contributed by atoms with Crippen LogP contribution in [0.5, 0.6) is 11.5 Å². The number of para-hydroxylation sites is 2. The number of hydrogen-bond donors (Lipinski definition) is 0. The molecular formula is C39H21ClN2OS. The smallest absolute Gasteiger partial charge is 0.223 e. The van der Waals surface area contributed by atoms with Gasteiger partial charge in [0.05, 0.1) is 21.3 Å². The van der Waals surface area contributed by atoms with Crippen molar-refractivity contribution in [2.24, 2.45) is 0 Å². The molecule has 3 heterocycles. The number of hydrogen-bond acceptors (Lipinski definition) is 4. The van der Waals surface area contributed by atoms with Crippen molar-refractivity contribution in [1.82, 2.24) is 9.97 Å². The molecule has 3 nitrogen and oxygen atoms in total. The van der Waals surface area contributed by atoms with Gasteiger partial charge in [0.15, 0.2) is 0 Å². The number of halogens is 1. The third kappa shape index (κ3) is 3.01. The Labute approximate surface area is 262 Å². The minimum absolute atomic E-state index is 0.251. The summed E-state index contributed by atoms with van der Waals surface area (Å²) in [6.07, 6.45) is 0. The van der Waals surface area contributed by atoms with Crippen LogP contribution in [0.3, 0.4) is 0 Å². The van der Waals surface area contributed by atoms with Gasteiger partial charge in [0.25, 0.3) is 0 Å². The van der Waals surface area contributed by atoms with Crippen molar-refractivity contribution in [3.8, 4) is 33.9 Å². The van der Waals surface area contributed by atoms with Crippen LogP contribution in [0.15, 0.2) is 127 Å². The predicted molar refractivity (Wildman–Crippen MR) is 180 cm³/mol. The number of ether oxygens (including phenoxy) is 1. The van der Waals surface area contributed by atoms with Gasteiger partial charge in [-0.15, -0.1) is 11.3 Å². The molecule has 6 aromatic carbocycles. The van der Waals surface area contributed by atoms with Crippen molar-refractivity contribution < 1.29 is 4.74 Å². The number of rotatable bonds is 1. The summed E-state index contributed by atoms with van der Waals surface area (Å²) in [5.41, 5.74) is 9.38. The summed E-state index contributed by atoms with van der Waals surface area (Å²) in [6.45, 7) is 0. The molecule has 2 aromatic heterocycles. The molecule has 0 saturated heterocycles. The van der Waals surface area contributed by atoms with Gasteiger partial charge in [-0.05, 0) is 62.8 Å².